The Balaban J connectivity index is 2.61. The molecule has 0 saturated carbocycles. The van der Waals surface area contributed by atoms with Gasteiger partial charge in [-0.2, -0.15) is 0 Å². The van der Waals surface area contributed by atoms with E-state index in [1.54, 1.807) is 32.0 Å². The lowest BCUT2D eigenvalue weighted by Crippen LogP contribution is -2.37. The molecule has 0 fully saturated rings. The van der Waals surface area contributed by atoms with E-state index in [4.69, 9.17) is 25.8 Å². The first-order chi connectivity index (χ1) is 13.3. The average molecular weight is 428 g/mol. The minimum atomic E-state index is -4.13. The third kappa shape index (κ3) is 4.51. The molecule has 2 rings (SSSR count). The molecule has 0 radical (unpaired) electrons. The van der Waals surface area contributed by atoms with Gasteiger partial charge in [0.1, 0.15) is 6.54 Å². The van der Waals surface area contributed by atoms with Crippen molar-refractivity contribution in [1.82, 2.24) is 0 Å². The van der Waals surface area contributed by atoms with Crippen molar-refractivity contribution >= 4 is 33.3 Å². The molecule has 152 valence electrons. The van der Waals surface area contributed by atoms with Crippen LogP contribution < -0.4 is 13.8 Å². The van der Waals surface area contributed by atoms with Gasteiger partial charge in [0.15, 0.2) is 11.5 Å². The Bertz CT molecular complexity index is 961. The van der Waals surface area contributed by atoms with E-state index >= 15 is 0 Å². The summed E-state index contributed by atoms with van der Waals surface area (Å²) < 4.78 is 43.1. The van der Waals surface area contributed by atoms with Gasteiger partial charge in [0.05, 0.1) is 31.4 Å². The van der Waals surface area contributed by atoms with Gasteiger partial charge in [-0.05, 0) is 43.7 Å². The van der Waals surface area contributed by atoms with Gasteiger partial charge in [-0.3, -0.25) is 9.10 Å². The van der Waals surface area contributed by atoms with Crippen LogP contribution in [0.4, 0.5) is 5.69 Å². The summed E-state index contributed by atoms with van der Waals surface area (Å²) in [5.41, 5.74) is 0.813. The van der Waals surface area contributed by atoms with E-state index in [-0.39, 0.29) is 22.9 Å². The second-order valence-corrected chi connectivity index (χ2v) is 7.99. The molecule has 0 aliphatic carbocycles. The number of methoxy groups -OCH3 is 2. The maximum absolute atomic E-state index is 13.4. The first-order valence-corrected chi connectivity index (χ1v) is 10.2. The standard InChI is InChI=1S/C19H22ClNO6S/c1-5-27-19(22)12-21(16-8-6-7-15(20)13(16)2)28(23,24)14-9-10-17(25-3)18(11-14)26-4/h6-11H,5,12H2,1-4H3. The van der Waals surface area contributed by atoms with E-state index in [1.807, 2.05) is 0 Å². The summed E-state index contributed by atoms with van der Waals surface area (Å²) in [7, 11) is -1.26. The molecule has 0 aromatic heterocycles. The minimum absolute atomic E-state index is 0.0613. The number of carbonyl (C=O) groups is 1. The topological polar surface area (TPSA) is 82.1 Å². The van der Waals surface area contributed by atoms with Crippen molar-refractivity contribution in [2.45, 2.75) is 18.7 Å². The molecule has 0 N–H and O–H groups in total. The number of anilines is 1. The monoisotopic (exact) mass is 427 g/mol. The molecule has 2 aromatic carbocycles. The van der Waals surface area contributed by atoms with Gasteiger partial charge in [-0.1, -0.05) is 17.7 Å². The predicted octanol–water partition coefficient (Wildman–Crippen LogP) is 3.42. The number of benzene rings is 2. The zero-order valence-corrected chi connectivity index (χ0v) is 17.6. The van der Waals surface area contributed by atoms with Crippen molar-refractivity contribution in [2.24, 2.45) is 0 Å². The molecular formula is C19H22ClNO6S. The number of ether oxygens (including phenoxy) is 3. The number of sulfonamides is 1. The summed E-state index contributed by atoms with van der Waals surface area (Å²) in [5, 5.41) is 0.383. The lowest BCUT2D eigenvalue weighted by Gasteiger charge is -2.25. The Morgan fingerprint density at radius 1 is 1.11 bits per heavy atom. The van der Waals surface area contributed by atoms with Crippen LogP contribution in [-0.2, 0) is 19.6 Å². The number of hydrogen-bond acceptors (Lipinski definition) is 6. The fourth-order valence-electron chi connectivity index (χ4n) is 2.59. The van der Waals surface area contributed by atoms with Crippen molar-refractivity contribution in [2.75, 3.05) is 31.7 Å². The van der Waals surface area contributed by atoms with Crippen LogP contribution in [0.25, 0.3) is 0 Å². The van der Waals surface area contributed by atoms with E-state index in [9.17, 15) is 13.2 Å². The average Bonchev–Trinajstić information content (AvgIpc) is 2.68. The van der Waals surface area contributed by atoms with Gasteiger partial charge in [0.2, 0.25) is 0 Å². The van der Waals surface area contributed by atoms with Crippen LogP contribution in [0.15, 0.2) is 41.3 Å². The van der Waals surface area contributed by atoms with Crippen LogP contribution >= 0.6 is 11.6 Å². The van der Waals surface area contributed by atoms with Crippen LogP contribution in [0.5, 0.6) is 11.5 Å². The fourth-order valence-corrected chi connectivity index (χ4v) is 4.25. The zero-order valence-electron chi connectivity index (χ0n) is 16.1. The summed E-state index contributed by atoms with van der Waals surface area (Å²) in [5.74, 6) is -0.0364. The molecule has 0 saturated heterocycles. The Labute approximate surface area is 169 Å². The highest BCUT2D eigenvalue weighted by atomic mass is 35.5. The van der Waals surface area contributed by atoms with E-state index < -0.39 is 22.5 Å². The van der Waals surface area contributed by atoms with Crippen LogP contribution in [0.1, 0.15) is 12.5 Å². The number of rotatable bonds is 8. The smallest absolute Gasteiger partial charge is 0.326 e. The normalized spacial score (nSPS) is 11.0. The predicted molar refractivity (Wildman–Crippen MR) is 107 cm³/mol. The summed E-state index contributed by atoms with van der Waals surface area (Å²) in [6, 6.07) is 9.05. The summed E-state index contributed by atoms with van der Waals surface area (Å²) in [6.07, 6.45) is 0. The Kier molecular flexibility index (Phi) is 7.15. The second-order valence-electron chi connectivity index (χ2n) is 5.72. The third-order valence-electron chi connectivity index (χ3n) is 4.03. The molecule has 0 aliphatic rings. The molecule has 0 bridgehead atoms. The van der Waals surface area contributed by atoms with Crippen molar-refractivity contribution < 1.29 is 27.4 Å². The van der Waals surface area contributed by atoms with E-state index in [2.05, 4.69) is 0 Å². The van der Waals surface area contributed by atoms with Gasteiger partial charge in [0.25, 0.3) is 10.0 Å². The quantitative estimate of drug-likeness (QED) is 0.600. The summed E-state index contributed by atoms with van der Waals surface area (Å²) >= 11 is 6.16. The van der Waals surface area contributed by atoms with Gasteiger partial charge in [-0.15, -0.1) is 0 Å². The summed E-state index contributed by atoms with van der Waals surface area (Å²) in [6.45, 7) is 2.97. The van der Waals surface area contributed by atoms with Crippen molar-refractivity contribution in [1.29, 1.82) is 0 Å². The maximum atomic E-state index is 13.4. The number of hydrogen-bond donors (Lipinski definition) is 0. The minimum Gasteiger partial charge on any atom is -0.493 e. The number of esters is 1. The molecule has 0 unspecified atom stereocenters. The van der Waals surface area contributed by atoms with Crippen molar-refractivity contribution in [3.8, 4) is 11.5 Å². The molecule has 2 aromatic rings. The molecule has 9 heteroatoms. The van der Waals surface area contributed by atoms with E-state index in [1.165, 1.54) is 32.4 Å². The van der Waals surface area contributed by atoms with Crippen LogP contribution in [0.3, 0.4) is 0 Å². The molecule has 0 heterocycles. The number of nitrogens with zero attached hydrogens (tertiary/aromatic N) is 1. The Hall–Kier alpha value is -2.45. The first kappa shape index (κ1) is 21.8. The van der Waals surface area contributed by atoms with Gasteiger partial charge in [-0.25, -0.2) is 8.42 Å². The zero-order chi connectivity index (χ0) is 20.9. The molecule has 0 amide bonds. The molecule has 0 atom stereocenters. The van der Waals surface area contributed by atoms with E-state index in [0.717, 1.165) is 4.31 Å². The third-order valence-corrected chi connectivity index (χ3v) is 6.19. The molecule has 0 aliphatic heterocycles. The molecular weight excluding hydrogens is 406 g/mol. The lowest BCUT2D eigenvalue weighted by molar-refractivity contribution is -0.141. The second kappa shape index (κ2) is 9.16. The fraction of sp³-hybridized carbons (Fsp3) is 0.316. The number of carbonyl (C=O) groups excluding carboxylic acids is 1. The van der Waals surface area contributed by atoms with Crippen LogP contribution in [-0.4, -0.2) is 41.8 Å². The largest absolute Gasteiger partial charge is 0.493 e. The Morgan fingerprint density at radius 3 is 2.39 bits per heavy atom. The lowest BCUT2D eigenvalue weighted by atomic mass is 10.2. The van der Waals surface area contributed by atoms with Gasteiger partial charge in [0, 0.05) is 11.1 Å². The highest BCUT2D eigenvalue weighted by Gasteiger charge is 2.30. The molecule has 0 spiro atoms. The first-order valence-electron chi connectivity index (χ1n) is 8.41. The maximum Gasteiger partial charge on any atom is 0.326 e. The SMILES string of the molecule is CCOC(=O)CN(c1cccc(Cl)c1C)S(=O)(=O)c1ccc(OC)c(OC)c1. The Morgan fingerprint density at radius 2 is 1.79 bits per heavy atom. The van der Waals surface area contributed by atoms with Crippen molar-refractivity contribution in [3.63, 3.8) is 0 Å². The van der Waals surface area contributed by atoms with E-state index in [0.29, 0.717) is 16.3 Å². The van der Waals surface area contributed by atoms with Crippen LogP contribution in [0.2, 0.25) is 5.02 Å². The molecule has 7 nitrogen and oxygen atoms in total. The van der Waals surface area contributed by atoms with Gasteiger partial charge < -0.3 is 14.2 Å². The van der Waals surface area contributed by atoms with Crippen molar-refractivity contribution in [3.05, 3.63) is 47.0 Å². The highest BCUT2D eigenvalue weighted by Crippen LogP contribution is 2.34. The summed E-state index contributed by atoms with van der Waals surface area (Å²) in [4.78, 5) is 12.1. The highest BCUT2D eigenvalue weighted by molar-refractivity contribution is 7.92. The molecule has 28 heavy (non-hydrogen) atoms. The van der Waals surface area contributed by atoms with Gasteiger partial charge >= 0.3 is 5.97 Å². The number of halogens is 1. The van der Waals surface area contributed by atoms with Crippen LogP contribution in [0, 0.1) is 6.92 Å².